The molecule has 0 fully saturated rings. The monoisotopic (exact) mass is 340 g/mol. The Labute approximate surface area is 135 Å². The lowest BCUT2D eigenvalue weighted by atomic mass is 10.2. The standard InChI is InChI=1S/C14H20N4O4S/c1-11(14-16-13(17-22-14)8-9-21-2)18-23(19,20)15-10-12-6-4-3-5-7-12/h3-7,11,15,18H,8-10H2,1-2H3/t11-/m0/s1. The first-order chi connectivity index (χ1) is 11.0. The van der Waals surface area contributed by atoms with Crippen LogP contribution in [0.4, 0.5) is 0 Å². The molecule has 1 aromatic carbocycles. The largest absolute Gasteiger partial charge is 0.384 e. The fourth-order valence-electron chi connectivity index (χ4n) is 1.84. The molecule has 0 aliphatic carbocycles. The lowest BCUT2D eigenvalue weighted by Gasteiger charge is -2.11. The van der Waals surface area contributed by atoms with Crippen molar-refractivity contribution in [3.63, 3.8) is 0 Å². The first kappa shape index (κ1) is 17.5. The Bertz CT molecular complexity index is 703. The number of benzene rings is 1. The molecule has 0 saturated carbocycles. The molecule has 0 bridgehead atoms. The van der Waals surface area contributed by atoms with Crippen molar-refractivity contribution < 1.29 is 17.7 Å². The van der Waals surface area contributed by atoms with E-state index in [9.17, 15) is 8.42 Å². The highest BCUT2D eigenvalue weighted by Crippen LogP contribution is 2.11. The number of hydrogen-bond donors (Lipinski definition) is 2. The van der Waals surface area contributed by atoms with Gasteiger partial charge in [-0.25, -0.2) is 0 Å². The highest BCUT2D eigenvalue weighted by Gasteiger charge is 2.20. The van der Waals surface area contributed by atoms with Gasteiger partial charge in [-0.05, 0) is 12.5 Å². The van der Waals surface area contributed by atoms with Crippen molar-refractivity contribution in [1.29, 1.82) is 0 Å². The average Bonchev–Trinajstić information content (AvgIpc) is 3.01. The van der Waals surface area contributed by atoms with E-state index in [-0.39, 0.29) is 12.4 Å². The van der Waals surface area contributed by atoms with Crippen molar-refractivity contribution in [3.8, 4) is 0 Å². The molecule has 23 heavy (non-hydrogen) atoms. The fraction of sp³-hybridized carbons (Fsp3) is 0.429. The second-order valence-electron chi connectivity index (χ2n) is 4.94. The van der Waals surface area contributed by atoms with E-state index >= 15 is 0 Å². The first-order valence-electron chi connectivity index (χ1n) is 7.12. The van der Waals surface area contributed by atoms with Crippen LogP contribution in [0.3, 0.4) is 0 Å². The maximum Gasteiger partial charge on any atom is 0.277 e. The number of nitrogens with zero attached hydrogens (tertiary/aromatic N) is 2. The molecule has 9 heteroatoms. The molecule has 126 valence electrons. The molecule has 1 heterocycles. The predicted octanol–water partition coefficient (Wildman–Crippen LogP) is 0.944. The summed E-state index contributed by atoms with van der Waals surface area (Å²) >= 11 is 0. The summed E-state index contributed by atoms with van der Waals surface area (Å²) in [5.41, 5.74) is 0.866. The minimum absolute atomic E-state index is 0.200. The van der Waals surface area contributed by atoms with Gasteiger partial charge in [0.05, 0.1) is 12.6 Å². The van der Waals surface area contributed by atoms with Crippen LogP contribution in [0.2, 0.25) is 0 Å². The van der Waals surface area contributed by atoms with Crippen LogP contribution in [-0.2, 0) is 27.9 Å². The van der Waals surface area contributed by atoms with Gasteiger partial charge in [-0.2, -0.15) is 22.8 Å². The Morgan fingerprint density at radius 3 is 2.74 bits per heavy atom. The highest BCUT2D eigenvalue weighted by molar-refractivity contribution is 7.87. The van der Waals surface area contributed by atoms with Gasteiger partial charge in [0.15, 0.2) is 5.82 Å². The van der Waals surface area contributed by atoms with E-state index in [2.05, 4.69) is 19.6 Å². The molecule has 2 N–H and O–H groups in total. The van der Waals surface area contributed by atoms with Crippen molar-refractivity contribution in [2.45, 2.75) is 25.9 Å². The Kier molecular flexibility index (Phi) is 6.22. The number of aromatic nitrogens is 2. The summed E-state index contributed by atoms with van der Waals surface area (Å²) in [6.45, 7) is 2.30. The molecule has 2 rings (SSSR count). The predicted molar refractivity (Wildman–Crippen MR) is 83.6 cm³/mol. The Morgan fingerprint density at radius 2 is 2.04 bits per heavy atom. The van der Waals surface area contributed by atoms with E-state index in [1.54, 1.807) is 14.0 Å². The molecule has 0 unspecified atom stereocenters. The smallest absolute Gasteiger partial charge is 0.277 e. The van der Waals surface area contributed by atoms with Crippen molar-refractivity contribution in [2.24, 2.45) is 0 Å². The molecule has 1 atom stereocenters. The lowest BCUT2D eigenvalue weighted by molar-refractivity contribution is 0.199. The second kappa shape index (κ2) is 8.16. The summed E-state index contributed by atoms with van der Waals surface area (Å²) in [5, 5.41) is 3.78. The van der Waals surface area contributed by atoms with E-state index in [0.717, 1.165) is 5.56 Å². The van der Waals surface area contributed by atoms with Gasteiger partial charge in [-0.3, -0.25) is 0 Å². The molecule has 0 spiro atoms. The summed E-state index contributed by atoms with van der Waals surface area (Å²) in [6, 6.07) is 8.61. The van der Waals surface area contributed by atoms with Crippen molar-refractivity contribution in [1.82, 2.24) is 19.6 Å². The van der Waals surface area contributed by atoms with Crippen molar-refractivity contribution in [2.75, 3.05) is 13.7 Å². The molecule has 0 saturated heterocycles. The van der Waals surface area contributed by atoms with E-state index in [4.69, 9.17) is 9.26 Å². The van der Waals surface area contributed by atoms with Crippen molar-refractivity contribution >= 4 is 10.2 Å². The quantitative estimate of drug-likeness (QED) is 0.704. The Hall–Kier alpha value is -1.81. The van der Waals surface area contributed by atoms with Gasteiger partial charge in [-0.15, -0.1) is 0 Å². The van der Waals surface area contributed by atoms with E-state index < -0.39 is 16.3 Å². The number of methoxy groups -OCH3 is 1. The molecule has 0 aliphatic heterocycles. The molecular formula is C14H20N4O4S. The normalized spacial score (nSPS) is 13.1. The maximum absolute atomic E-state index is 12.0. The molecular weight excluding hydrogens is 320 g/mol. The SMILES string of the molecule is COCCc1noc([C@H](C)NS(=O)(=O)NCc2ccccc2)n1. The Balaban J connectivity index is 1.90. The summed E-state index contributed by atoms with van der Waals surface area (Å²) in [4.78, 5) is 4.14. The summed E-state index contributed by atoms with van der Waals surface area (Å²) in [7, 11) is -2.11. The molecule has 8 nitrogen and oxygen atoms in total. The van der Waals surface area contributed by atoms with Crippen LogP contribution < -0.4 is 9.44 Å². The topological polar surface area (TPSA) is 106 Å². The highest BCUT2D eigenvalue weighted by atomic mass is 32.2. The molecule has 0 amide bonds. The average molecular weight is 340 g/mol. The van der Waals surface area contributed by atoms with Crippen LogP contribution in [-0.4, -0.2) is 32.3 Å². The molecule has 1 aromatic heterocycles. The lowest BCUT2D eigenvalue weighted by Crippen LogP contribution is -2.37. The third kappa shape index (κ3) is 5.71. The number of rotatable bonds is 9. The van der Waals surface area contributed by atoms with Gasteiger partial charge in [0, 0.05) is 20.1 Å². The van der Waals surface area contributed by atoms with Gasteiger partial charge in [-0.1, -0.05) is 35.5 Å². The van der Waals surface area contributed by atoms with E-state index in [1.165, 1.54) is 0 Å². The zero-order valence-electron chi connectivity index (χ0n) is 13.0. The van der Waals surface area contributed by atoms with Gasteiger partial charge in [0.1, 0.15) is 0 Å². The number of ether oxygens (including phenoxy) is 1. The van der Waals surface area contributed by atoms with Crippen LogP contribution >= 0.6 is 0 Å². The molecule has 0 radical (unpaired) electrons. The van der Waals surface area contributed by atoms with Crippen LogP contribution in [0, 0.1) is 0 Å². The Morgan fingerprint density at radius 1 is 1.30 bits per heavy atom. The van der Waals surface area contributed by atoms with Gasteiger partial charge < -0.3 is 9.26 Å². The van der Waals surface area contributed by atoms with Gasteiger partial charge in [0.25, 0.3) is 10.2 Å². The zero-order chi connectivity index (χ0) is 16.7. The third-order valence-electron chi connectivity index (χ3n) is 3.03. The van der Waals surface area contributed by atoms with Crippen molar-refractivity contribution in [3.05, 3.63) is 47.6 Å². The molecule has 2 aromatic rings. The van der Waals surface area contributed by atoms with Gasteiger partial charge in [0.2, 0.25) is 5.89 Å². The van der Waals surface area contributed by atoms with Crippen LogP contribution in [0.15, 0.2) is 34.9 Å². The molecule has 0 aliphatic rings. The summed E-state index contributed by atoms with van der Waals surface area (Å²) < 4.78 is 39.0. The summed E-state index contributed by atoms with van der Waals surface area (Å²) in [5.74, 6) is 0.686. The van der Waals surface area contributed by atoms with E-state index in [1.807, 2.05) is 30.3 Å². The van der Waals surface area contributed by atoms with Crippen LogP contribution in [0.1, 0.15) is 30.2 Å². The fourth-order valence-corrected chi connectivity index (χ4v) is 2.84. The second-order valence-corrected chi connectivity index (χ2v) is 6.47. The van der Waals surface area contributed by atoms with Crippen LogP contribution in [0.5, 0.6) is 0 Å². The van der Waals surface area contributed by atoms with E-state index in [0.29, 0.717) is 18.9 Å². The minimum atomic E-state index is -3.69. The van der Waals surface area contributed by atoms with Gasteiger partial charge >= 0.3 is 0 Å². The van der Waals surface area contributed by atoms with Crippen LogP contribution in [0.25, 0.3) is 0 Å². The zero-order valence-corrected chi connectivity index (χ0v) is 13.8. The first-order valence-corrected chi connectivity index (χ1v) is 8.61. The number of nitrogens with one attached hydrogen (secondary N) is 2. The maximum atomic E-state index is 12.0. The minimum Gasteiger partial charge on any atom is -0.384 e. The summed E-state index contributed by atoms with van der Waals surface area (Å²) in [6.07, 6.45) is 0.506. The third-order valence-corrected chi connectivity index (χ3v) is 4.21. The number of hydrogen-bond acceptors (Lipinski definition) is 6.